The molecule has 1 aromatic heterocycles. The Hall–Kier alpha value is -4.12. The number of aromatic nitrogens is 2. The average molecular weight is 457 g/mol. The molecule has 1 amide bonds. The summed E-state index contributed by atoms with van der Waals surface area (Å²) in [6, 6.07) is 11.2. The van der Waals surface area contributed by atoms with Crippen LogP contribution in [0.15, 0.2) is 48.8 Å². The van der Waals surface area contributed by atoms with Gasteiger partial charge in [-0.25, -0.2) is 4.85 Å². The van der Waals surface area contributed by atoms with Gasteiger partial charge in [0, 0.05) is 40.8 Å². The molecule has 1 saturated carbocycles. The number of hydrogen-bond acceptors (Lipinski definition) is 4. The van der Waals surface area contributed by atoms with Gasteiger partial charge in [-0.2, -0.15) is 5.10 Å². The number of aliphatic carboxylic acids is 1. The van der Waals surface area contributed by atoms with Crippen LogP contribution in [0.5, 0.6) is 5.75 Å². The van der Waals surface area contributed by atoms with E-state index in [9.17, 15) is 9.59 Å². The van der Waals surface area contributed by atoms with Gasteiger partial charge in [-0.15, -0.1) is 0 Å². The molecule has 1 spiro atoms. The lowest BCUT2D eigenvalue weighted by Crippen LogP contribution is -2.27. The zero-order valence-electron chi connectivity index (χ0n) is 18.5. The van der Waals surface area contributed by atoms with Crippen molar-refractivity contribution in [3.8, 4) is 16.9 Å². The highest BCUT2D eigenvalue weighted by Crippen LogP contribution is 2.61. The van der Waals surface area contributed by atoms with Gasteiger partial charge in [0.2, 0.25) is 5.91 Å². The largest absolute Gasteiger partial charge is 0.493 e. The number of fused-ring (bicyclic) bond motifs is 2. The molecular weight excluding hydrogens is 432 g/mol. The maximum atomic E-state index is 13.4. The van der Waals surface area contributed by atoms with Crippen LogP contribution in [-0.4, -0.2) is 33.8 Å². The van der Waals surface area contributed by atoms with E-state index in [4.69, 9.17) is 16.4 Å². The SMILES string of the molecule is [C-]#[N+]c1ccc(CCCC(=O)O)c(NC(=O)[C@@H]2C[C@]23CCOc2ccc(-c4cn[nH]c4)cc23)c1. The van der Waals surface area contributed by atoms with Crippen molar-refractivity contribution in [2.45, 2.75) is 37.5 Å². The molecule has 0 bridgehead atoms. The standard InChI is InChI=1S/C26H24N4O4/c1-27-19-7-5-16(3-2-4-24(31)32)22(12-19)30-25(33)21-13-26(21)9-10-34-23-8-6-17(11-20(23)26)18-14-28-29-15-18/h5-8,11-12,14-15,21H,2-4,9-10,13H2,(H,28,29)(H,30,33)(H,31,32)/t21-,26-/m0/s1. The van der Waals surface area contributed by atoms with Gasteiger partial charge in [-0.3, -0.25) is 14.7 Å². The minimum Gasteiger partial charge on any atom is -0.493 e. The van der Waals surface area contributed by atoms with Crippen LogP contribution in [0.1, 0.15) is 36.8 Å². The van der Waals surface area contributed by atoms with E-state index in [-0.39, 0.29) is 23.7 Å². The lowest BCUT2D eigenvalue weighted by atomic mass is 9.85. The lowest BCUT2D eigenvalue weighted by Gasteiger charge is -2.27. The van der Waals surface area contributed by atoms with Gasteiger partial charge < -0.3 is 15.2 Å². The Balaban J connectivity index is 1.38. The van der Waals surface area contributed by atoms with Crippen molar-refractivity contribution < 1.29 is 19.4 Å². The molecule has 3 aromatic rings. The molecule has 0 saturated heterocycles. The highest BCUT2D eigenvalue weighted by Gasteiger charge is 2.61. The molecule has 5 rings (SSSR count). The Morgan fingerprint density at radius 3 is 2.91 bits per heavy atom. The number of carbonyl (C=O) groups excluding carboxylic acids is 1. The number of benzene rings is 2. The van der Waals surface area contributed by atoms with Crippen LogP contribution >= 0.6 is 0 Å². The smallest absolute Gasteiger partial charge is 0.303 e. The van der Waals surface area contributed by atoms with Crippen LogP contribution in [0.25, 0.3) is 16.0 Å². The van der Waals surface area contributed by atoms with Crippen LogP contribution in [0.3, 0.4) is 0 Å². The summed E-state index contributed by atoms with van der Waals surface area (Å²) < 4.78 is 5.89. The Labute approximate surface area is 196 Å². The van der Waals surface area contributed by atoms with Crippen LogP contribution in [-0.2, 0) is 21.4 Å². The van der Waals surface area contributed by atoms with E-state index in [1.54, 1.807) is 24.4 Å². The topological polar surface area (TPSA) is 109 Å². The van der Waals surface area contributed by atoms with Crippen molar-refractivity contribution in [3.63, 3.8) is 0 Å². The van der Waals surface area contributed by atoms with Crippen molar-refractivity contribution in [1.82, 2.24) is 10.2 Å². The van der Waals surface area contributed by atoms with Gasteiger partial charge in [0.25, 0.3) is 0 Å². The maximum absolute atomic E-state index is 13.4. The van der Waals surface area contributed by atoms with E-state index in [0.717, 1.165) is 40.8 Å². The Morgan fingerprint density at radius 2 is 2.15 bits per heavy atom. The first-order valence-corrected chi connectivity index (χ1v) is 11.3. The highest BCUT2D eigenvalue weighted by molar-refractivity contribution is 5.97. The van der Waals surface area contributed by atoms with Gasteiger partial charge in [0.1, 0.15) is 5.75 Å². The molecule has 34 heavy (non-hydrogen) atoms. The summed E-state index contributed by atoms with van der Waals surface area (Å²) in [5.41, 5.74) is 4.65. The average Bonchev–Trinajstić information content (AvgIpc) is 3.28. The van der Waals surface area contributed by atoms with Crippen molar-refractivity contribution in [2.75, 3.05) is 11.9 Å². The second-order valence-corrected chi connectivity index (χ2v) is 8.90. The maximum Gasteiger partial charge on any atom is 0.303 e. The third kappa shape index (κ3) is 4.01. The fraction of sp³-hybridized carbons (Fsp3) is 0.308. The predicted molar refractivity (Wildman–Crippen MR) is 126 cm³/mol. The third-order valence-corrected chi connectivity index (χ3v) is 6.86. The molecule has 1 aliphatic carbocycles. The number of nitrogens with zero attached hydrogens (tertiary/aromatic N) is 2. The summed E-state index contributed by atoms with van der Waals surface area (Å²) in [4.78, 5) is 27.7. The number of anilines is 1. The zero-order valence-corrected chi connectivity index (χ0v) is 18.5. The van der Waals surface area contributed by atoms with Crippen molar-refractivity contribution >= 4 is 23.3 Å². The van der Waals surface area contributed by atoms with Gasteiger partial charge in [-0.05, 0) is 55.0 Å². The van der Waals surface area contributed by atoms with E-state index in [1.165, 1.54) is 0 Å². The van der Waals surface area contributed by atoms with Gasteiger partial charge in [0.05, 0.1) is 19.4 Å². The number of H-pyrrole nitrogens is 1. The Kier molecular flexibility index (Phi) is 5.54. The number of aryl methyl sites for hydroxylation is 1. The normalized spacial score (nSPS) is 20.1. The fourth-order valence-corrected chi connectivity index (χ4v) is 4.95. The van der Waals surface area contributed by atoms with E-state index >= 15 is 0 Å². The fourth-order valence-electron chi connectivity index (χ4n) is 4.95. The summed E-state index contributed by atoms with van der Waals surface area (Å²) in [7, 11) is 0. The molecule has 8 nitrogen and oxygen atoms in total. The summed E-state index contributed by atoms with van der Waals surface area (Å²) in [6.07, 6.45) is 6.14. The summed E-state index contributed by atoms with van der Waals surface area (Å²) in [5.74, 6) is -0.309. The molecule has 2 atom stereocenters. The zero-order chi connectivity index (χ0) is 23.7. The van der Waals surface area contributed by atoms with Crippen molar-refractivity contribution in [1.29, 1.82) is 0 Å². The van der Waals surface area contributed by atoms with E-state index in [1.807, 2.05) is 18.3 Å². The summed E-state index contributed by atoms with van der Waals surface area (Å²) in [5, 5.41) is 18.9. The Bertz CT molecular complexity index is 1290. The third-order valence-electron chi connectivity index (χ3n) is 6.86. The monoisotopic (exact) mass is 456 g/mol. The van der Waals surface area contributed by atoms with E-state index in [0.29, 0.717) is 30.8 Å². The summed E-state index contributed by atoms with van der Waals surface area (Å²) in [6.45, 7) is 7.88. The number of amides is 1. The number of hydrogen-bond donors (Lipinski definition) is 3. The second kappa shape index (κ2) is 8.67. The molecule has 1 fully saturated rings. The molecule has 2 heterocycles. The van der Waals surface area contributed by atoms with Gasteiger partial charge in [-0.1, -0.05) is 18.2 Å². The first-order valence-electron chi connectivity index (χ1n) is 11.3. The van der Waals surface area contributed by atoms with E-state index < -0.39 is 5.97 Å². The minimum atomic E-state index is -0.851. The lowest BCUT2D eigenvalue weighted by molar-refractivity contribution is -0.137. The Morgan fingerprint density at radius 1 is 1.26 bits per heavy atom. The number of carboxylic acid groups (broad SMARTS) is 1. The second-order valence-electron chi connectivity index (χ2n) is 8.90. The van der Waals surface area contributed by atoms with Crippen LogP contribution in [0.4, 0.5) is 11.4 Å². The quantitative estimate of drug-likeness (QED) is 0.446. The number of aromatic amines is 1. The number of carbonyl (C=O) groups is 2. The van der Waals surface area contributed by atoms with Gasteiger partial charge in [0.15, 0.2) is 5.69 Å². The molecule has 1 aliphatic heterocycles. The molecule has 2 aromatic carbocycles. The number of carboxylic acids is 1. The van der Waals surface area contributed by atoms with Crippen LogP contribution in [0, 0.1) is 12.5 Å². The first kappa shape index (κ1) is 21.7. The molecule has 2 aliphatic rings. The van der Waals surface area contributed by atoms with Crippen LogP contribution < -0.4 is 10.1 Å². The minimum absolute atomic E-state index is 0.0550. The number of ether oxygens (including phenoxy) is 1. The molecule has 3 N–H and O–H groups in total. The number of rotatable bonds is 7. The predicted octanol–water partition coefficient (Wildman–Crippen LogP) is 4.71. The number of nitrogens with one attached hydrogen (secondary N) is 2. The van der Waals surface area contributed by atoms with Crippen molar-refractivity contribution in [2.24, 2.45) is 5.92 Å². The summed E-state index contributed by atoms with van der Waals surface area (Å²) >= 11 is 0. The van der Waals surface area contributed by atoms with Gasteiger partial charge >= 0.3 is 5.97 Å². The highest BCUT2D eigenvalue weighted by atomic mass is 16.5. The molecule has 0 radical (unpaired) electrons. The molecular formula is C26H24N4O4. The molecule has 172 valence electrons. The molecule has 8 heteroatoms. The van der Waals surface area contributed by atoms with Crippen molar-refractivity contribution in [3.05, 3.63) is 71.3 Å². The van der Waals surface area contributed by atoms with E-state index in [2.05, 4.69) is 26.4 Å². The first-order chi connectivity index (χ1) is 16.5. The van der Waals surface area contributed by atoms with Crippen LogP contribution in [0.2, 0.25) is 0 Å². The molecule has 0 unspecified atom stereocenters.